The third kappa shape index (κ3) is 3.75. The number of para-hydroxylation sites is 1. The summed E-state index contributed by atoms with van der Waals surface area (Å²) in [5, 5.41) is 3.61. The molecule has 144 valence electrons. The quantitative estimate of drug-likeness (QED) is 0.293. The number of halogens is 3. The van der Waals surface area contributed by atoms with Crippen LogP contribution in [0.5, 0.6) is 0 Å². The van der Waals surface area contributed by atoms with Gasteiger partial charge in [-0.15, -0.1) is 0 Å². The van der Waals surface area contributed by atoms with E-state index in [2.05, 4.69) is 5.32 Å². The summed E-state index contributed by atoms with van der Waals surface area (Å²) in [6, 6.07) is 19.3. The minimum atomic E-state index is -0.834. The number of rotatable bonds is 4. The molecule has 4 nitrogen and oxygen atoms in total. The van der Waals surface area contributed by atoms with Crippen LogP contribution < -0.4 is 5.32 Å². The number of amides is 1. The highest BCUT2D eigenvalue weighted by molar-refractivity contribution is 6.49. The molecule has 4 aromatic rings. The molecule has 0 unspecified atom stereocenters. The standard InChI is InChI=1S/C22H13Cl3N2O2/c23-14-9-7-13(8-10-14)16-12-15-4-1-2-11-27(15)20(16)21(28)22(29)26-19-17(24)5-3-6-18(19)25/h1-12H,(H,26,29). The molecule has 0 aliphatic rings. The fourth-order valence-corrected chi connectivity index (χ4v) is 3.72. The molecule has 29 heavy (non-hydrogen) atoms. The first-order chi connectivity index (χ1) is 14.0. The normalized spacial score (nSPS) is 10.9. The highest BCUT2D eigenvalue weighted by atomic mass is 35.5. The van der Waals surface area contributed by atoms with Crippen molar-refractivity contribution in [2.45, 2.75) is 0 Å². The molecule has 0 radical (unpaired) electrons. The van der Waals surface area contributed by atoms with Crippen LogP contribution in [0.25, 0.3) is 16.6 Å². The number of carbonyl (C=O) groups is 2. The summed E-state index contributed by atoms with van der Waals surface area (Å²) in [6.07, 6.45) is 1.73. The average molecular weight is 444 g/mol. The maximum absolute atomic E-state index is 13.2. The Morgan fingerprint density at radius 3 is 2.21 bits per heavy atom. The monoisotopic (exact) mass is 442 g/mol. The van der Waals surface area contributed by atoms with Crippen LogP contribution in [-0.4, -0.2) is 16.1 Å². The Kier molecular flexibility index (Phi) is 5.33. The minimum Gasteiger partial charge on any atom is -0.316 e. The number of fused-ring (bicyclic) bond motifs is 1. The van der Waals surface area contributed by atoms with Gasteiger partial charge in [-0.2, -0.15) is 0 Å². The second-order valence-corrected chi connectivity index (χ2v) is 7.54. The van der Waals surface area contributed by atoms with Gasteiger partial charge in [0.05, 0.1) is 15.7 Å². The van der Waals surface area contributed by atoms with Gasteiger partial charge in [-0.1, -0.05) is 59.1 Å². The molecule has 2 aromatic heterocycles. The summed E-state index contributed by atoms with van der Waals surface area (Å²) in [6.45, 7) is 0. The van der Waals surface area contributed by atoms with Gasteiger partial charge in [0, 0.05) is 22.3 Å². The van der Waals surface area contributed by atoms with Crippen LogP contribution in [0.4, 0.5) is 5.69 Å². The van der Waals surface area contributed by atoms with E-state index in [0.29, 0.717) is 10.6 Å². The lowest BCUT2D eigenvalue weighted by Gasteiger charge is -2.10. The number of pyridine rings is 1. The van der Waals surface area contributed by atoms with Crippen molar-refractivity contribution in [1.82, 2.24) is 4.40 Å². The lowest BCUT2D eigenvalue weighted by atomic mass is 10.0. The van der Waals surface area contributed by atoms with Gasteiger partial charge in [-0.25, -0.2) is 0 Å². The van der Waals surface area contributed by atoms with Crippen LogP contribution >= 0.6 is 34.8 Å². The number of carbonyl (C=O) groups excluding carboxylic acids is 2. The summed E-state index contributed by atoms with van der Waals surface area (Å²) < 4.78 is 1.68. The summed E-state index contributed by atoms with van der Waals surface area (Å²) >= 11 is 18.2. The van der Waals surface area contributed by atoms with E-state index in [0.717, 1.165) is 11.1 Å². The molecule has 2 aromatic carbocycles. The predicted molar refractivity (Wildman–Crippen MR) is 117 cm³/mol. The molecule has 0 spiro atoms. The molecule has 0 aliphatic heterocycles. The van der Waals surface area contributed by atoms with E-state index >= 15 is 0 Å². The molecule has 0 fully saturated rings. The number of Topliss-reactive ketones (excluding diaryl/α,β-unsaturated/α-hetero) is 1. The molecule has 0 atom stereocenters. The van der Waals surface area contributed by atoms with E-state index in [1.807, 2.05) is 18.2 Å². The second-order valence-electron chi connectivity index (χ2n) is 6.29. The van der Waals surface area contributed by atoms with Crippen molar-refractivity contribution >= 4 is 57.7 Å². The molecule has 7 heteroatoms. The molecule has 0 aliphatic carbocycles. The predicted octanol–water partition coefficient (Wildman–Crippen LogP) is 6.39. The topological polar surface area (TPSA) is 50.6 Å². The van der Waals surface area contributed by atoms with Gasteiger partial charge in [0.15, 0.2) is 0 Å². The fraction of sp³-hybridized carbons (Fsp3) is 0. The zero-order valence-electron chi connectivity index (χ0n) is 14.8. The minimum absolute atomic E-state index is 0.197. The first kappa shape index (κ1) is 19.5. The van der Waals surface area contributed by atoms with Crippen molar-refractivity contribution in [1.29, 1.82) is 0 Å². The van der Waals surface area contributed by atoms with E-state index in [4.69, 9.17) is 34.8 Å². The molecule has 1 N–H and O–H groups in total. The SMILES string of the molecule is O=C(Nc1c(Cl)cccc1Cl)C(=O)c1c(-c2ccc(Cl)cc2)cc2ccccn12. The Labute approximate surface area is 181 Å². The molecule has 1 amide bonds. The third-order valence-electron chi connectivity index (χ3n) is 4.46. The highest BCUT2D eigenvalue weighted by Crippen LogP contribution is 2.32. The lowest BCUT2D eigenvalue weighted by Crippen LogP contribution is -2.25. The molecule has 0 saturated heterocycles. The summed E-state index contributed by atoms with van der Waals surface area (Å²) in [5.74, 6) is -1.55. The van der Waals surface area contributed by atoms with Gasteiger partial charge in [0.2, 0.25) is 0 Å². The van der Waals surface area contributed by atoms with Gasteiger partial charge >= 0.3 is 0 Å². The summed E-state index contributed by atoms with van der Waals surface area (Å²) in [4.78, 5) is 25.9. The Hall–Kier alpha value is -2.79. The first-order valence-electron chi connectivity index (χ1n) is 8.61. The van der Waals surface area contributed by atoms with Gasteiger partial charge in [0.25, 0.3) is 11.7 Å². The van der Waals surface area contributed by atoms with E-state index in [-0.39, 0.29) is 21.4 Å². The smallest absolute Gasteiger partial charge is 0.298 e. The maximum atomic E-state index is 13.2. The average Bonchev–Trinajstić information content (AvgIpc) is 3.10. The van der Waals surface area contributed by atoms with E-state index in [1.54, 1.807) is 59.1 Å². The zero-order chi connectivity index (χ0) is 20.5. The molecule has 4 rings (SSSR count). The van der Waals surface area contributed by atoms with Crippen molar-refractivity contribution in [2.75, 3.05) is 5.32 Å². The lowest BCUT2D eigenvalue weighted by molar-refractivity contribution is -0.112. The van der Waals surface area contributed by atoms with Gasteiger partial charge in [-0.05, 0) is 48.0 Å². The van der Waals surface area contributed by atoms with Gasteiger partial charge < -0.3 is 9.72 Å². The van der Waals surface area contributed by atoms with Crippen LogP contribution in [-0.2, 0) is 4.79 Å². The molecule has 2 heterocycles. The van der Waals surface area contributed by atoms with Crippen LogP contribution in [0.1, 0.15) is 10.5 Å². The van der Waals surface area contributed by atoms with Gasteiger partial charge in [0.1, 0.15) is 5.69 Å². The number of nitrogens with one attached hydrogen (secondary N) is 1. The highest BCUT2D eigenvalue weighted by Gasteiger charge is 2.25. The molecule has 0 bridgehead atoms. The van der Waals surface area contributed by atoms with Crippen LogP contribution in [0.3, 0.4) is 0 Å². The van der Waals surface area contributed by atoms with Crippen molar-refractivity contribution in [3.63, 3.8) is 0 Å². The Balaban J connectivity index is 1.80. The third-order valence-corrected chi connectivity index (χ3v) is 5.34. The Morgan fingerprint density at radius 2 is 1.52 bits per heavy atom. The number of hydrogen-bond acceptors (Lipinski definition) is 2. The Bertz CT molecular complexity index is 1230. The number of aromatic nitrogens is 1. The summed E-state index contributed by atoms with van der Waals surface area (Å²) in [7, 11) is 0. The van der Waals surface area contributed by atoms with Crippen LogP contribution in [0.15, 0.2) is 72.9 Å². The van der Waals surface area contributed by atoms with Gasteiger partial charge in [-0.3, -0.25) is 9.59 Å². The largest absolute Gasteiger partial charge is 0.316 e. The first-order valence-corrected chi connectivity index (χ1v) is 9.75. The molecule has 0 saturated carbocycles. The maximum Gasteiger partial charge on any atom is 0.298 e. The van der Waals surface area contributed by atoms with E-state index in [1.165, 1.54) is 0 Å². The zero-order valence-corrected chi connectivity index (χ0v) is 17.1. The van der Waals surface area contributed by atoms with Crippen molar-refractivity contribution in [3.8, 4) is 11.1 Å². The number of ketones is 1. The molecular formula is C22H13Cl3N2O2. The van der Waals surface area contributed by atoms with E-state index in [9.17, 15) is 9.59 Å². The number of hydrogen-bond donors (Lipinski definition) is 1. The Morgan fingerprint density at radius 1 is 0.828 bits per heavy atom. The summed E-state index contributed by atoms with van der Waals surface area (Å²) in [5.41, 5.74) is 2.61. The fourth-order valence-electron chi connectivity index (χ4n) is 3.10. The molecular weight excluding hydrogens is 431 g/mol. The van der Waals surface area contributed by atoms with Crippen LogP contribution in [0, 0.1) is 0 Å². The van der Waals surface area contributed by atoms with Crippen LogP contribution in [0.2, 0.25) is 15.1 Å². The number of nitrogens with zero attached hydrogens (tertiary/aromatic N) is 1. The van der Waals surface area contributed by atoms with E-state index < -0.39 is 11.7 Å². The number of anilines is 1. The van der Waals surface area contributed by atoms with Crippen molar-refractivity contribution in [3.05, 3.63) is 93.7 Å². The number of benzene rings is 2. The second kappa shape index (κ2) is 7.91. The van der Waals surface area contributed by atoms with Crippen molar-refractivity contribution in [2.24, 2.45) is 0 Å². The van der Waals surface area contributed by atoms with Crippen molar-refractivity contribution < 1.29 is 9.59 Å².